The number of carbonyl (C=O) groups is 1. The molecule has 0 spiro atoms. The second-order valence-electron chi connectivity index (χ2n) is 6.28. The molecule has 0 aromatic heterocycles. The van der Waals surface area contributed by atoms with Crippen LogP contribution in [0.2, 0.25) is 0 Å². The van der Waals surface area contributed by atoms with Crippen LogP contribution < -0.4 is 5.32 Å². The van der Waals surface area contributed by atoms with Crippen molar-refractivity contribution in [2.24, 2.45) is 5.11 Å². The fourth-order valence-corrected chi connectivity index (χ4v) is 2.88. The van der Waals surface area contributed by atoms with Crippen LogP contribution >= 0.6 is 0 Å². The molecular weight excluding hydrogens is 328 g/mol. The molecular formula is C16H30N4O5. The van der Waals surface area contributed by atoms with Crippen molar-refractivity contribution in [3.63, 3.8) is 0 Å². The second-order valence-corrected chi connectivity index (χ2v) is 6.28. The van der Waals surface area contributed by atoms with E-state index in [1.165, 1.54) is 26.4 Å². The highest BCUT2D eigenvalue weighted by molar-refractivity contribution is 5.76. The monoisotopic (exact) mass is 358 g/mol. The number of hydrogen-bond acceptors (Lipinski definition) is 6. The van der Waals surface area contributed by atoms with Gasteiger partial charge in [0, 0.05) is 18.4 Å². The van der Waals surface area contributed by atoms with Gasteiger partial charge in [0.05, 0.1) is 12.6 Å². The maximum absolute atomic E-state index is 12.1. The van der Waals surface area contributed by atoms with Crippen LogP contribution in [0.3, 0.4) is 0 Å². The number of amides is 1. The SMILES string of the molecule is CCCCCCCCC(=O)N[C@H]1[C@H](OC)O[C@H](CN=[N+]=[N-])[C@@H](O)[C@@H]1O. The molecule has 0 aromatic rings. The summed E-state index contributed by atoms with van der Waals surface area (Å²) in [4.78, 5) is 14.7. The van der Waals surface area contributed by atoms with Crippen molar-refractivity contribution >= 4 is 5.91 Å². The van der Waals surface area contributed by atoms with E-state index in [-0.39, 0.29) is 12.5 Å². The lowest BCUT2D eigenvalue weighted by Crippen LogP contribution is -2.64. The van der Waals surface area contributed by atoms with Crippen molar-refractivity contribution in [3.8, 4) is 0 Å². The molecule has 0 saturated carbocycles. The lowest BCUT2D eigenvalue weighted by molar-refractivity contribution is -0.253. The predicted octanol–water partition coefficient (Wildman–Crippen LogP) is 1.63. The molecule has 0 unspecified atom stereocenters. The highest BCUT2D eigenvalue weighted by atomic mass is 16.7. The Balaban J connectivity index is 2.47. The topological polar surface area (TPSA) is 137 Å². The molecule has 5 atom stereocenters. The Morgan fingerprint density at radius 1 is 1.24 bits per heavy atom. The Bertz CT molecular complexity index is 442. The summed E-state index contributed by atoms with van der Waals surface area (Å²) in [6.45, 7) is 2.02. The molecule has 1 rings (SSSR count). The number of nitrogens with zero attached hydrogens (tertiary/aromatic N) is 3. The third-order valence-electron chi connectivity index (χ3n) is 4.34. The number of carbonyl (C=O) groups excluding carboxylic acids is 1. The van der Waals surface area contributed by atoms with Crippen LogP contribution in [-0.2, 0) is 14.3 Å². The number of unbranched alkanes of at least 4 members (excludes halogenated alkanes) is 5. The lowest BCUT2D eigenvalue weighted by Gasteiger charge is -2.42. The van der Waals surface area contributed by atoms with Gasteiger partial charge in [-0.15, -0.1) is 0 Å². The molecule has 144 valence electrons. The molecule has 0 radical (unpaired) electrons. The van der Waals surface area contributed by atoms with Gasteiger partial charge in [-0.25, -0.2) is 0 Å². The van der Waals surface area contributed by atoms with Gasteiger partial charge in [-0.3, -0.25) is 4.79 Å². The number of nitrogens with one attached hydrogen (secondary N) is 1. The Labute approximate surface area is 148 Å². The first-order chi connectivity index (χ1) is 12.0. The summed E-state index contributed by atoms with van der Waals surface area (Å²) in [7, 11) is 1.38. The van der Waals surface area contributed by atoms with Gasteiger partial charge in [0.15, 0.2) is 6.29 Å². The van der Waals surface area contributed by atoms with E-state index in [1.807, 2.05) is 0 Å². The van der Waals surface area contributed by atoms with Crippen LogP contribution in [0.1, 0.15) is 51.9 Å². The van der Waals surface area contributed by atoms with Crippen molar-refractivity contribution in [1.29, 1.82) is 0 Å². The summed E-state index contributed by atoms with van der Waals surface area (Å²) in [5, 5.41) is 26.4. The summed E-state index contributed by atoms with van der Waals surface area (Å²) in [6.07, 6.45) is 2.43. The zero-order valence-corrected chi connectivity index (χ0v) is 15.0. The van der Waals surface area contributed by atoms with E-state index >= 15 is 0 Å². The minimum atomic E-state index is -1.28. The average Bonchev–Trinajstić information content (AvgIpc) is 2.61. The molecule has 0 aromatic carbocycles. The minimum Gasteiger partial charge on any atom is -0.388 e. The molecule has 1 amide bonds. The largest absolute Gasteiger partial charge is 0.388 e. The van der Waals surface area contributed by atoms with Crippen LogP contribution in [0.15, 0.2) is 5.11 Å². The van der Waals surface area contributed by atoms with E-state index in [0.29, 0.717) is 6.42 Å². The fraction of sp³-hybridized carbons (Fsp3) is 0.938. The number of ether oxygens (including phenoxy) is 2. The van der Waals surface area contributed by atoms with Crippen molar-refractivity contribution in [2.75, 3.05) is 13.7 Å². The molecule has 1 saturated heterocycles. The molecule has 3 N–H and O–H groups in total. The molecule has 1 fully saturated rings. The Morgan fingerprint density at radius 3 is 2.56 bits per heavy atom. The van der Waals surface area contributed by atoms with E-state index < -0.39 is 30.6 Å². The number of aliphatic hydroxyl groups is 2. The van der Waals surface area contributed by atoms with Crippen LogP contribution in [0, 0.1) is 0 Å². The van der Waals surface area contributed by atoms with Crippen LogP contribution in [0.25, 0.3) is 10.4 Å². The quantitative estimate of drug-likeness (QED) is 0.223. The Morgan fingerprint density at radius 2 is 1.92 bits per heavy atom. The van der Waals surface area contributed by atoms with Crippen molar-refractivity contribution < 1.29 is 24.5 Å². The highest BCUT2D eigenvalue weighted by Gasteiger charge is 2.45. The molecule has 1 aliphatic heterocycles. The summed E-state index contributed by atoms with van der Waals surface area (Å²) < 4.78 is 10.7. The summed E-state index contributed by atoms with van der Waals surface area (Å²) in [5.74, 6) is -0.217. The molecule has 1 aliphatic rings. The molecule has 0 bridgehead atoms. The van der Waals surface area contributed by atoms with E-state index in [2.05, 4.69) is 22.3 Å². The van der Waals surface area contributed by atoms with E-state index in [9.17, 15) is 15.0 Å². The molecule has 9 heteroatoms. The summed E-state index contributed by atoms with van der Waals surface area (Å²) in [6, 6.07) is -0.880. The van der Waals surface area contributed by atoms with E-state index in [4.69, 9.17) is 15.0 Å². The average molecular weight is 358 g/mol. The van der Waals surface area contributed by atoms with Crippen molar-refractivity contribution in [3.05, 3.63) is 10.4 Å². The molecule has 25 heavy (non-hydrogen) atoms. The zero-order valence-electron chi connectivity index (χ0n) is 15.0. The first-order valence-corrected chi connectivity index (χ1v) is 8.89. The molecule has 1 heterocycles. The first-order valence-electron chi connectivity index (χ1n) is 8.89. The standard InChI is InChI=1S/C16H30N4O5/c1-3-4-5-6-7-8-9-12(21)19-13-15(23)14(22)11(10-18-20-17)25-16(13)24-2/h11,13-16,22-23H,3-10H2,1-2H3,(H,19,21)/t11-,13-,14-,15-,16-/m1/s1. The van der Waals surface area contributed by atoms with Crippen molar-refractivity contribution in [2.45, 2.75) is 82.5 Å². The van der Waals surface area contributed by atoms with Gasteiger partial charge in [0.2, 0.25) is 5.91 Å². The maximum atomic E-state index is 12.1. The number of hydrogen-bond donors (Lipinski definition) is 3. The third-order valence-corrected chi connectivity index (χ3v) is 4.34. The first kappa shape index (κ1) is 21.7. The third kappa shape index (κ3) is 7.17. The zero-order chi connectivity index (χ0) is 18.7. The normalized spacial score (nSPS) is 29.0. The van der Waals surface area contributed by atoms with Crippen LogP contribution in [0.4, 0.5) is 0 Å². The number of azide groups is 1. The van der Waals surface area contributed by atoms with Crippen LogP contribution in [0.5, 0.6) is 0 Å². The van der Waals surface area contributed by atoms with E-state index in [1.54, 1.807) is 0 Å². The molecule has 0 aliphatic carbocycles. The van der Waals surface area contributed by atoms with Crippen LogP contribution in [-0.4, -0.2) is 60.4 Å². The summed E-state index contributed by atoms with van der Waals surface area (Å²) >= 11 is 0. The van der Waals surface area contributed by atoms with Crippen molar-refractivity contribution in [1.82, 2.24) is 5.32 Å². The maximum Gasteiger partial charge on any atom is 0.220 e. The van der Waals surface area contributed by atoms with Gasteiger partial charge < -0.3 is 25.0 Å². The fourth-order valence-electron chi connectivity index (χ4n) is 2.88. The molecule has 9 nitrogen and oxygen atoms in total. The van der Waals surface area contributed by atoms with Gasteiger partial charge in [0.1, 0.15) is 18.2 Å². The van der Waals surface area contributed by atoms with Gasteiger partial charge in [-0.1, -0.05) is 44.1 Å². The van der Waals surface area contributed by atoms with Gasteiger partial charge in [0.25, 0.3) is 0 Å². The Hall–Kier alpha value is -1.38. The number of methoxy groups -OCH3 is 1. The smallest absolute Gasteiger partial charge is 0.220 e. The highest BCUT2D eigenvalue weighted by Crippen LogP contribution is 2.22. The predicted molar refractivity (Wildman–Crippen MR) is 91.6 cm³/mol. The Kier molecular flexibility index (Phi) is 10.4. The van der Waals surface area contributed by atoms with Gasteiger partial charge >= 0.3 is 0 Å². The van der Waals surface area contributed by atoms with E-state index in [0.717, 1.165) is 19.3 Å². The second kappa shape index (κ2) is 12.1. The minimum absolute atomic E-state index is 0.132. The number of rotatable bonds is 11. The van der Waals surface area contributed by atoms with Gasteiger partial charge in [-0.05, 0) is 12.0 Å². The summed E-state index contributed by atoms with van der Waals surface area (Å²) in [5.41, 5.74) is 8.36. The van der Waals surface area contributed by atoms with Gasteiger partial charge in [-0.2, -0.15) is 0 Å². The number of aliphatic hydroxyl groups excluding tert-OH is 2. The lowest BCUT2D eigenvalue weighted by atomic mass is 9.96.